The quantitative estimate of drug-likeness (QED) is 0.0760. The lowest BCUT2D eigenvalue weighted by atomic mass is 10.3. The summed E-state index contributed by atoms with van der Waals surface area (Å²) >= 11 is 0. The molecule has 0 saturated heterocycles. The van der Waals surface area contributed by atoms with Gasteiger partial charge in [0, 0.05) is 5.57 Å². The van der Waals surface area contributed by atoms with Crippen LogP contribution in [0.5, 0.6) is 0 Å². The summed E-state index contributed by atoms with van der Waals surface area (Å²) in [7, 11) is -5.28. The topological polar surface area (TPSA) is 54.0 Å². The van der Waals surface area contributed by atoms with E-state index in [0.717, 1.165) is 54.4 Å². The highest BCUT2D eigenvalue weighted by molar-refractivity contribution is 6.75. The molecule has 0 aromatic carbocycles. The first-order valence-electron chi connectivity index (χ1n) is 13.8. The summed E-state index contributed by atoms with van der Waals surface area (Å²) in [5.74, 6) is -0.393. The largest absolute Gasteiger partial charge is 0.433 e. The van der Waals surface area contributed by atoms with Gasteiger partial charge in [-0.2, -0.15) is 0 Å². The maximum absolute atomic E-state index is 12.7. The zero-order valence-corrected chi connectivity index (χ0v) is 29.4. The van der Waals surface area contributed by atoms with Gasteiger partial charge in [-0.25, -0.2) is 4.79 Å². The summed E-state index contributed by atoms with van der Waals surface area (Å²) in [5, 5.41) is 0. The van der Waals surface area contributed by atoms with Crippen molar-refractivity contribution in [1.29, 1.82) is 0 Å². The molecule has 0 aliphatic heterocycles. The first-order valence-corrected chi connectivity index (χ1v) is 22.4. The van der Waals surface area contributed by atoms with E-state index in [2.05, 4.69) is 68.9 Å². The van der Waals surface area contributed by atoms with Crippen LogP contribution in [0.2, 0.25) is 54.4 Å². The molecule has 0 rings (SSSR count). The van der Waals surface area contributed by atoms with Crippen LogP contribution in [-0.4, -0.2) is 52.9 Å². The number of esters is 1. The predicted molar refractivity (Wildman–Crippen MR) is 157 cm³/mol. The van der Waals surface area contributed by atoms with Crippen LogP contribution in [0.25, 0.3) is 0 Å². The van der Waals surface area contributed by atoms with Crippen molar-refractivity contribution in [2.24, 2.45) is 0 Å². The van der Waals surface area contributed by atoms with Crippen molar-refractivity contribution in [1.82, 2.24) is 0 Å². The maximum Gasteiger partial charge on any atom is 0.335 e. The summed E-state index contributed by atoms with van der Waals surface area (Å²) in [6.07, 6.45) is -0.209. The van der Waals surface area contributed by atoms with E-state index in [1.54, 1.807) is 6.92 Å². The highest BCUT2D eigenvalue weighted by Crippen LogP contribution is 2.37. The molecule has 0 spiro atoms. The van der Waals surface area contributed by atoms with Gasteiger partial charge >= 0.3 is 5.97 Å². The van der Waals surface area contributed by atoms with E-state index in [9.17, 15) is 4.79 Å². The minimum absolute atomic E-state index is 0.393. The second-order valence-electron chi connectivity index (χ2n) is 10.0. The lowest BCUT2D eigenvalue weighted by Crippen LogP contribution is -2.57. The van der Waals surface area contributed by atoms with Gasteiger partial charge in [-0.05, 0) is 61.3 Å². The molecule has 0 radical (unpaired) electrons. The number of carbonyl (C=O) groups excluding carboxylic acids is 1. The highest BCUT2D eigenvalue weighted by Gasteiger charge is 2.47. The second kappa shape index (κ2) is 15.3. The van der Waals surface area contributed by atoms with Crippen LogP contribution in [0.15, 0.2) is 12.2 Å². The Kier molecular flexibility index (Phi) is 15.2. The number of hydrogen-bond donors (Lipinski definition) is 0. The fraction of sp³-hybridized carbons (Fsp3) is 0.880. The average Bonchev–Trinajstić information content (AvgIpc) is 2.84. The Bertz CT molecular complexity index is 570. The zero-order chi connectivity index (χ0) is 26.6. The van der Waals surface area contributed by atoms with Gasteiger partial charge in [-0.3, -0.25) is 0 Å². The molecule has 0 aromatic rings. The molecule has 0 aliphatic rings. The van der Waals surface area contributed by atoms with Crippen LogP contribution in [0, 0.1) is 0 Å². The van der Waals surface area contributed by atoms with Gasteiger partial charge in [0.25, 0.3) is 0 Å². The van der Waals surface area contributed by atoms with Gasteiger partial charge in [0.15, 0.2) is 31.2 Å². The summed E-state index contributed by atoms with van der Waals surface area (Å²) < 4.78 is 27.1. The third-order valence-corrected chi connectivity index (χ3v) is 23.9. The Hall–Kier alpha value is -0.0425. The molecular weight excluding hydrogens is 493 g/mol. The molecular formula is C25H56O5Si4. The number of hydrogen-bond acceptors (Lipinski definition) is 5. The van der Waals surface area contributed by atoms with Crippen LogP contribution in [0.1, 0.15) is 75.7 Å². The van der Waals surface area contributed by atoms with Crippen molar-refractivity contribution in [2.45, 2.75) is 142 Å². The third kappa shape index (κ3) is 9.44. The molecule has 0 saturated carbocycles. The molecule has 9 heteroatoms. The predicted octanol–water partition coefficient (Wildman–Crippen LogP) is 6.91. The van der Waals surface area contributed by atoms with Crippen molar-refractivity contribution >= 4 is 41.2 Å². The molecule has 0 aliphatic carbocycles. The van der Waals surface area contributed by atoms with Crippen molar-refractivity contribution in [3.63, 3.8) is 0 Å². The molecule has 0 N–H and O–H groups in total. The first-order chi connectivity index (χ1) is 15.9. The van der Waals surface area contributed by atoms with E-state index in [0.29, 0.717) is 22.2 Å². The summed E-state index contributed by atoms with van der Waals surface area (Å²) in [5.41, 5.74) is -0.317. The Morgan fingerprint density at radius 2 is 1.06 bits per heavy atom. The smallest absolute Gasteiger partial charge is 0.335 e. The second-order valence-corrected chi connectivity index (χ2v) is 25.6. The fourth-order valence-electron chi connectivity index (χ4n) is 4.86. The zero-order valence-electron chi connectivity index (χ0n) is 24.4. The summed E-state index contributed by atoms with van der Waals surface area (Å²) in [4.78, 5) is 12.7. The van der Waals surface area contributed by atoms with E-state index in [4.69, 9.17) is 18.0 Å². The van der Waals surface area contributed by atoms with Crippen molar-refractivity contribution in [3.05, 3.63) is 12.2 Å². The van der Waals surface area contributed by atoms with Crippen molar-refractivity contribution in [2.75, 3.05) is 0 Å². The Labute approximate surface area is 217 Å². The Morgan fingerprint density at radius 1 is 0.735 bits per heavy atom. The Morgan fingerprint density at radius 3 is 1.32 bits per heavy atom. The van der Waals surface area contributed by atoms with E-state index in [1.165, 1.54) is 0 Å². The van der Waals surface area contributed by atoms with Gasteiger partial charge in [-0.1, -0.05) is 68.9 Å². The standard InChI is InChI=1S/C25H56O5Si4/c1-12-32(13-2,14-3)28-23(27-24(26)22(10)11)21-25(31,29-33(15-4,16-5)17-6)30-34(18-7,19-8)20-9/h23H,10,12-21H2,1-9,11,31H3. The monoisotopic (exact) mass is 548 g/mol. The van der Waals surface area contributed by atoms with Crippen LogP contribution in [-0.2, 0) is 22.8 Å². The maximum atomic E-state index is 12.7. The molecule has 202 valence electrons. The molecule has 1 atom stereocenters. The third-order valence-electron chi connectivity index (χ3n) is 8.17. The molecule has 34 heavy (non-hydrogen) atoms. The summed E-state index contributed by atoms with van der Waals surface area (Å²) in [6, 6.07) is 9.32. The highest BCUT2D eigenvalue weighted by atomic mass is 28.4. The van der Waals surface area contributed by atoms with E-state index in [1.807, 2.05) is 0 Å². The minimum Gasteiger partial charge on any atom is -0.433 e. The number of ether oxygens (including phenoxy) is 1. The van der Waals surface area contributed by atoms with Gasteiger partial charge < -0.3 is 18.0 Å². The minimum atomic E-state index is -2.03. The molecule has 0 amide bonds. The molecule has 1 unspecified atom stereocenters. The lowest BCUT2D eigenvalue weighted by Gasteiger charge is -2.47. The van der Waals surface area contributed by atoms with Crippen molar-refractivity contribution < 1.29 is 22.8 Å². The normalized spacial score (nSPS) is 14.3. The molecule has 0 fully saturated rings. The van der Waals surface area contributed by atoms with Crippen LogP contribution < -0.4 is 0 Å². The SMILES string of the molecule is C=C(C)C(=O)OC(CC([SiH3])(O[Si](CC)(CC)CC)O[Si](CC)(CC)CC)O[Si](CC)(CC)CC. The molecule has 5 nitrogen and oxygen atoms in total. The van der Waals surface area contributed by atoms with Gasteiger partial charge in [0.05, 0.1) is 16.7 Å². The summed E-state index contributed by atoms with van der Waals surface area (Å²) in [6.45, 7) is 25.6. The van der Waals surface area contributed by atoms with Crippen molar-refractivity contribution in [3.8, 4) is 0 Å². The van der Waals surface area contributed by atoms with E-state index in [-0.39, 0.29) is 0 Å². The average molecular weight is 549 g/mol. The van der Waals surface area contributed by atoms with Gasteiger partial charge in [0.1, 0.15) is 5.41 Å². The molecule has 0 bridgehead atoms. The van der Waals surface area contributed by atoms with E-state index < -0.39 is 42.6 Å². The molecule has 0 aromatic heterocycles. The molecule has 0 heterocycles. The van der Waals surface area contributed by atoms with Gasteiger partial charge in [0.2, 0.25) is 0 Å². The fourth-order valence-corrected chi connectivity index (χ4v) is 16.5. The number of rotatable bonds is 19. The van der Waals surface area contributed by atoms with Crippen LogP contribution in [0.4, 0.5) is 0 Å². The van der Waals surface area contributed by atoms with Gasteiger partial charge in [-0.15, -0.1) is 0 Å². The lowest BCUT2D eigenvalue weighted by molar-refractivity contribution is -0.176. The first kappa shape index (κ1) is 34.0. The van der Waals surface area contributed by atoms with Crippen LogP contribution in [0.3, 0.4) is 0 Å². The van der Waals surface area contributed by atoms with Crippen LogP contribution >= 0.6 is 0 Å². The Balaban J connectivity index is 6.47. The van der Waals surface area contributed by atoms with E-state index >= 15 is 0 Å². The number of carbonyl (C=O) groups is 1.